The lowest BCUT2D eigenvalue weighted by atomic mass is 10.2. The SMILES string of the molecule is Cc1ccc(NC(=O)C2CSCN2)cc1I.Cl. The molecule has 1 unspecified atom stereocenters. The Morgan fingerprint density at radius 1 is 1.59 bits per heavy atom. The molecule has 0 saturated carbocycles. The average molecular weight is 385 g/mol. The second kappa shape index (κ2) is 6.82. The molecule has 1 atom stereocenters. The molecule has 1 saturated heterocycles. The number of aryl methyl sites for hydroxylation is 1. The van der Waals surface area contributed by atoms with Crippen molar-refractivity contribution in [1.82, 2.24) is 5.32 Å². The number of thioether (sulfide) groups is 1. The summed E-state index contributed by atoms with van der Waals surface area (Å²) in [5, 5.41) is 6.08. The zero-order valence-electron chi connectivity index (χ0n) is 9.33. The topological polar surface area (TPSA) is 41.1 Å². The second-order valence-corrected chi connectivity index (χ2v) is 5.92. The van der Waals surface area contributed by atoms with E-state index >= 15 is 0 Å². The van der Waals surface area contributed by atoms with Gasteiger partial charge < -0.3 is 5.32 Å². The molecule has 2 rings (SSSR count). The molecule has 0 aliphatic carbocycles. The van der Waals surface area contributed by atoms with Crippen molar-refractivity contribution in [3.63, 3.8) is 0 Å². The Morgan fingerprint density at radius 3 is 2.94 bits per heavy atom. The fourth-order valence-corrected chi connectivity index (χ4v) is 2.92. The molecule has 1 aromatic carbocycles. The summed E-state index contributed by atoms with van der Waals surface area (Å²) in [4.78, 5) is 11.8. The van der Waals surface area contributed by atoms with Gasteiger partial charge in [-0.15, -0.1) is 24.2 Å². The van der Waals surface area contributed by atoms with Crippen LogP contribution in [0.3, 0.4) is 0 Å². The molecule has 2 N–H and O–H groups in total. The summed E-state index contributed by atoms with van der Waals surface area (Å²) in [6.07, 6.45) is 0. The van der Waals surface area contributed by atoms with Crippen molar-refractivity contribution >= 4 is 58.4 Å². The van der Waals surface area contributed by atoms with Crippen LogP contribution in [0.4, 0.5) is 5.69 Å². The Kier molecular flexibility index (Phi) is 6.05. The van der Waals surface area contributed by atoms with E-state index in [0.29, 0.717) is 0 Å². The molecule has 1 amide bonds. The number of halogens is 2. The third-order valence-corrected chi connectivity index (χ3v) is 4.57. The molecule has 3 nitrogen and oxygen atoms in total. The molecule has 94 valence electrons. The summed E-state index contributed by atoms with van der Waals surface area (Å²) in [5.74, 6) is 1.78. The highest BCUT2D eigenvalue weighted by Gasteiger charge is 2.22. The summed E-state index contributed by atoms with van der Waals surface area (Å²) < 4.78 is 1.17. The Balaban J connectivity index is 0.00000144. The second-order valence-electron chi connectivity index (χ2n) is 3.73. The molecule has 0 spiro atoms. The van der Waals surface area contributed by atoms with E-state index < -0.39 is 0 Å². The first-order chi connectivity index (χ1) is 7.66. The highest BCUT2D eigenvalue weighted by atomic mass is 127. The summed E-state index contributed by atoms with van der Waals surface area (Å²) in [6, 6.07) is 5.91. The summed E-state index contributed by atoms with van der Waals surface area (Å²) in [6.45, 7) is 2.06. The minimum atomic E-state index is -0.0519. The largest absolute Gasteiger partial charge is 0.325 e. The first-order valence-electron chi connectivity index (χ1n) is 5.05. The van der Waals surface area contributed by atoms with Crippen molar-refractivity contribution in [2.24, 2.45) is 0 Å². The smallest absolute Gasteiger partial charge is 0.242 e. The summed E-state index contributed by atoms with van der Waals surface area (Å²) in [7, 11) is 0. The van der Waals surface area contributed by atoms with Crippen molar-refractivity contribution in [2.45, 2.75) is 13.0 Å². The summed E-state index contributed by atoms with van der Waals surface area (Å²) >= 11 is 4.03. The average Bonchev–Trinajstić information content (AvgIpc) is 2.77. The maximum atomic E-state index is 11.8. The van der Waals surface area contributed by atoms with Crippen molar-refractivity contribution < 1.29 is 4.79 Å². The number of carbonyl (C=O) groups is 1. The summed E-state index contributed by atoms with van der Waals surface area (Å²) in [5.41, 5.74) is 2.10. The van der Waals surface area contributed by atoms with Crippen molar-refractivity contribution in [3.8, 4) is 0 Å². The van der Waals surface area contributed by atoms with Gasteiger partial charge in [-0.3, -0.25) is 10.1 Å². The molecular formula is C11H14ClIN2OS. The van der Waals surface area contributed by atoms with Gasteiger partial charge in [0.1, 0.15) is 0 Å². The standard InChI is InChI=1S/C11H13IN2OS.ClH/c1-7-2-3-8(4-9(7)12)14-11(15)10-5-16-6-13-10;/h2-4,10,13H,5-6H2,1H3,(H,14,15);1H. The Bertz CT molecular complexity index is 410. The van der Waals surface area contributed by atoms with E-state index in [-0.39, 0.29) is 24.4 Å². The molecule has 17 heavy (non-hydrogen) atoms. The van der Waals surface area contributed by atoms with Crippen molar-refractivity contribution in [2.75, 3.05) is 16.9 Å². The van der Waals surface area contributed by atoms with Crippen LogP contribution in [0.2, 0.25) is 0 Å². The number of amides is 1. The minimum absolute atomic E-state index is 0. The predicted molar refractivity (Wildman–Crippen MR) is 84.0 cm³/mol. The predicted octanol–water partition coefficient (Wildman–Crippen LogP) is 2.62. The normalized spacial score (nSPS) is 18.6. The van der Waals surface area contributed by atoms with Gasteiger partial charge in [-0.25, -0.2) is 0 Å². The van der Waals surface area contributed by atoms with Gasteiger partial charge >= 0.3 is 0 Å². The Hall–Kier alpha value is 0.0200. The van der Waals surface area contributed by atoms with Crippen LogP contribution in [-0.2, 0) is 4.79 Å². The maximum Gasteiger partial charge on any atom is 0.242 e. The van der Waals surface area contributed by atoms with E-state index in [0.717, 1.165) is 17.3 Å². The van der Waals surface area contributed by atoms with Gasteiger partial charge in [0.25, 0.3) is 0 Å². The molecule has 0 bridgehead atoms. The third-order valence-electron chi connectivity index (χ3n) is 2.47. The van der Waals surface area contributed by atoms with E-state index in [2.05, 4.69) is 40.1 Å². The highest BCUT2D eigenvalue weighted by Crippen LogP contribution is 2.18. The van der Waals surface area contributed by atoms with Gasteiger partial charge in [0.05, 0.1) is 6.04 Å². The zero-order chi connectivity index (χ0) is 11.5. The molecule has 0 aromatic heterocycles. The zero-order valence-corrected chi connectivity index (χ0v) is 13.1. The van der Waals surface area contributed by atoms with Gasteiger partial charge in [0.15, 0.2) is 0 Å². The molecular weight excluding hydrogens is 371 g/mol. The third kappa shape index (κ3) is 4.01. The number of nitrogens with one attached hydrogen (secondary N) is 2. The maximum absolute atomic E-state index is 11.8. The van der Waals surface area contributed by atoms with Crippen molar-refractivity contribution in [1.29, 1.82) is 0 Å². The number of anilines is 1. The minimum Gasteiger partial charge on any atom is -0.325 e. The highest BCUT2D eigenvalue weighted by molar-refractivity contribution is 14.1. The van der Waals surface area contributed by atoms with Gasteiger partial charge in [-0.1, -0.05) is 6.07 Å². The van der Waals surface area contributed by atoms with Crippen LogP contribution in [0.25, 0.3) is 0 Å². The molecule has 6 heteroatoms. The monoisotopic (exact) mass is 384 g/mol. The lowest BCUT2D eigenvalue weighted by molar-refractivity contribution is -0.117. The van der Waals surface area contributed by atoms with Gasteiger partial charge in [0, 0.05) is 20.9 Å². The van der Waals surface area contributed by atoms with E-state index in [9.17, 15) is 4.79 Å². The van der Waals surface area contributed by atoms with Gasteiger partial charge in [0.2, 0.25) is 5.91 Å². The first-order valence-corrected chi connectivity index (χ1v) is 7.28. The van der Waals surface area contributed by atoms with Crippen LogP contribution in [0.1, 0.15) is 5.56 Å². The first kappa shape index (κ1) is 15.1. The fraction of sp³-hybridized carbons (Fsp3) is 0.364. The van der Waals surface area contributed by atoms with Crippen LogP contribution in [-0.4, -0.2) is 23.6 Å². The van der Waals surface area contributed by atoms with Crippen LogP contribution >= 0.6 is 46.8 Å². The quantitative estimate of drug-likeness (QED) is 0.770. The molecule has 1 heterocycles. The number of carbonyl (C=O) groups excluding carboxylic acids is 1. The van der Waals surface area contributed by atoms with Gasteiger partial charge in [-0.05, 0) is 47.2 Å². The molecule has 1 fully saturated rings. The molecule has 1 aromatic rings. The number of rotatable bonds is 2. The lowest BCUT2D eigenvalue weighted by Crippen LogP contribution is -2.37. The van der Waals surface area contributed by atoms with E-state index in [1.165, 1.54) is 9.13 Å². The van der Waals surface area contributed by atoms with Gasteiger partial charge in [-0.2, -0.15) is 0 Å². The molecule has 0 radical (unpaired) electrons. The molecule has 1 aliphatic rings. The molecule has 1 aliphatic heterocycles. The number of hydrogen-bond acceptors (Lipinski definition) is 3. The Morgan fingerprint density at radius 2 is 2.35 bits per heavy atom. The van der Waals surface area contributed by atoms with Crippen LogP contribution in [0.15, 0.2) is 18.2 Å². The van der Waals surface area contributed by atoms with Crippen LogP contribution in [0.5, 0.6) is 0 Å². The number of hydrogen-bond donors (Lipinski definition) is 2. The number of benzene rings is 1. The van der Waals surface area contributed by atoms with Crippen LogP contribution < -0.4 is 10.6 Å². The van der Waals surface area contributed by atoms with E-state index in [1.54, 1.807) is 11.8 Å². The van der Waals surface area contributed by atoms with Crippen LogP contribution in [0, 0.1) is 10.5 Å². The van der Waals surface area contributed by atoms with E-state index in [1.807, 2.05) is 18.2 Å². The van der Waals surface area contributed by atoms with Crippen molar-refractivity contribution in [3.05, 3.63) is 27.3 Å². The van der Waals surface area contributed by atoms with E-state index in [4.69, 9.17) is 0 Å². The fourth-order valence-electron chi connectivity index (χ4n) is 1.46. The lowest BCUT2D eigenvalue weighted by Gasteiger charge is -2.11. The Labute approximate surface area is 125 Å².